The fourth-order valence-electron chi connectivity index (χ4n) is 3.07. The van der Waals surface area contributed by atoms with Crippen molar-refractivity contribution in [3.8, 4) is 0 Å². The molecule has 4 nitrogen and oxygen atoms in total. The smallest absolute Gasteiger partial charge is 0.267 e. The van der Waals surface area contributed by atoms with Crippen molar-refractivity contribution in [3.63, 3.8) is 0 Å². The SMILES string of the molecule is CCN1CCCC1CNC(=O)c1cc2cc(Cl)ccc2[nH]1. The molecule has 2 aromatic rings. The lowest BCUT2D eigenvalue weighted by Gasteiger charge is -2.22. The second kappa shape index (κ2) is 6.08. The number of hydrogen-bond acceptors (Lipinski definition) is 2. The fourth-order valence-corrected chi connectivity index (χ4v) is 3.25. The Kier molecular flexibility index (Phi) is 4.17. The molecule has 21 heavy (non-hydrogen) atoms. The van der Waals surface area contributed by atoms with Crippen molar-refractivity contribution in [1.29, 1.82) is 0 Å². The minimum atomic E-state index is -0.0507. The predicted molar refractivity (Wildman–Crippen MR) is 85.9 cm³/mol. The number of likely N-dealkylation sites (N-methyl/N-ethyl adjacent to an activating group) is 1. The lowest BCUT2D eigenvalue weighted by atomic mass is 10.2. The summed E-state index contributed by atoms with van der Waals surface area (Å²) in [5.41, 5.74) is 1.52. The Bertz CT molecular complexity index is 652. The second-order valence-electron chi connectivity index (χ2n) is 5.55. The standard InChI is InChI=1S/C16H20ClN3O/c1-2-20-7-3-4-13(20)10-18-16(21)15-9-11-8-12(17)5-6-14(11)19-15/h5-6,8-9,13,19H,2-4,7,10H2,1H3,(H,18,21). The molecular weight excluding hydrogens is 286 g/mol. The molecule has 1 amide bonds. The van der Waals surface area contributed by atoms with Crippen molar-refractivity contribution in [3.05, 3.63) is 35.0 Å². The van der Waals surface area contributed by atoms with E-state index < -0.39 is 0 Å². The molecule has 0 radical (unpaired) electrons. The van der Waals surface area contributed by atoms with Crippen LogP contribution in [0.25, 0.3) is 10.9 Å². The number of halogens is 1. The van der Waals surface area contributed by atoms with Gasteiger partial charge < -0.3 is 10.3 Å². The minimum Gasteiger partial charge on any atom is -0.351 e. The number of amides is 1. The number of carbonyl (C=O) groups is 1. The number of carbonyl (C=O) groups excluding carboxylic acids is 1. The average molecular weight is 306 g/mol. The maximum atomic E-state index is 12.3. The number of fused-ring (bicyclic) bond motifs is 1. The molecule has 1 aromatic heterocycles. The van der Waals surface area contributed by atoms with Gasteiger partial charge in [0.1, 0.15) is 5.69 Å². The van der Waals surface area contributed by atoms with Crippen molar-refractivity contribution in [2.24, 2.45) is 0 Å². The first-order chi connectivity index (χ1) is 10.2. The van der Waals surface area contributed by atoms with E-state index in [9.17, 15) is 4.79 Å². The lowest BCUT2D eigenvalue weighted by Crippen LogP contribution is -2.40. The maximum Gasteiger partial charge on any atom is 0.267 e. The summed E-state index contributed by atoms with van der Waals surface area (Å²) in [5, 5.41) is 4.68. The normalized spacial score (nSPS) is 19.2. The first kappa shape index (κ1) is 14.4. The number of rotatable bonds is 4. The van der Waals surface area contributed by atoms with E-state index in [1.165, 1.54) is 6.42 Å². The van der Waals surface area contributed by atoms with Gasteiger partial charge in [0.25, 0.3) is 5.91 Å². The van der Waals surface area contributed by atoms with Crippen LogP contribution in [0.1, 0.15) is 30.3 Å². The van der Waals surface area contributed by atoms with Gasteiger partial charge in [0.2, 0.25) is 0 Å². The van der Waals surface area contributed by atoms with Crippen LogP contribution in [0.5, 0.6) is 0 Å². The van der Waals surface area contributed by atoms with Crippen LogP contribution < -0.4 is 5.32 Å². The molecule has 3 rings (SSSR count). The molecular formula is C16H20ClN3O. The van der Waals surface area contributed by atoms with Crippen molar-refractivity contribution in [2.45, 2.75) is 25.8 Å². The van der Waals surface area contributed by atoms with E-state index in [-0.39, 0.29) is 5.91 Å². The third-order valence-corrected chi connectivity index (χ3v) is 4.47. The van der Waals surface area contributed by atoms with Crippen molar-refractivity contribution >= 4 is 28.4 Å². The zero-order valence-electron chi connectivity index (χ0n) is 12.2. The molecule has 1 atom stereocenters. The molecule has 5 heteroatoms. The van der Waals surface area contributed by atoms with E-state index in [0.717, 1.165) is 30.4 Å². The third-order valence-electron chi connectivity index (χ3n) is 4.23. The zero-order valence-corrected chi connectivity index (χ0v) is 12.9. The largest absolute Gasteiger partial charge is 0.351 e. The summed E-state index contributed by atoms with van der Waals surface area (Å²) in [6.45, 7) is 5.07. The summed E-state index contributed by atoms with van der Waals surface area (Å²) < 4.78 is 0. The van der Waals surface area contributed by atoms with Crippen LogP contribution in [0.4, 0.5) is 0 Å². The Labute approximate surface area is 129 Å². The molecule has 1 unspecified atom stereocenters. The molecule has 1 aromatic carbocycles. The number of likely N-dealkylation sites (tertiary alicyclic amines) is 1. The number of H-pyrrole nitrogens is 1. The highest BCUT2D eigenvalue weighted by Crippen LogP contribution is 2.20. The molecule has 1 fully saturated rings. The topological polar surface area (TPSA) is 48.1 Å². The van der Waals surface area contributed by atoms with Crippen LogP contribution in [0.15, 0.2) is 24.3 Å². The molecule has 1 aliphatic heterocycles. The summed E-state index contributed by atoms with van der Waals surface area (Å²) in [6.07, 6.45) is 2.38. The molecule has 2 heterocycles. The van der Waals surface area contributed by atoms with Gasteiger partial charge in [-0.25, -0.2) is 0 Å². The molecule has 0 aliphatic carbocycles. The molecule has 0 spiro atoms. The van der Waals surface area contributed by atoms with Gasteiger partial charge in [-0.1, -0.05) is 18.5 Å². The number of aromatic nitrogens is 1. The van der Waals surface area contributed by atoms with Crippen molar-refractivity contribution < 1.29 is 4.79 Å². The van der Waals surface area contributed by atoms with Crippen LogP contribution in [0.3, 0.4) is 0 Å². The Morgan fingerprint density at radius 1 is 1.48 bits per heavy atom. The van der Waals surface area contributed by atoms with Gasteiger partial charge in [0.15, 0.2) is 0 Å². The highest BCUT2D eigenvalue weighted by molar-refractivity contribution is 6.31. The summed E-state index contributed by atoms with van der Waals surface area (Å²) >= 11 is 5.97. The first-order valence-corrected chi connectivity index (χ1v) is 7.85. The van der Waals surface area contributed by atoms with E-state index in [0.29, 0.717) is 23.3 Å². The van der Waals surface area contributed by atoms with Crippen LogP contribution >= 0.6 is 11.6 Å². The van der Waals surface area contributed by atoms with Crippen LogP contribution in [0, 0.1) is 0 Å². The van der Waals surface area contributed by atoms with Crippen molar-refractivity contribution in [2.75, 3.05) is 19.6 Å². The number of benzene rings is 1. The third kappa shape index (κ3) is 3.06. The Hall–Kier alpha value is -1.52. The Morgan fingerprint density at radius 2 is 2.33 bits per heavy atom. The highest BCUT2D eigenvalue weighted by Gasteiger charge is 2.23. The molecule has 0 bridgehead atoms. The number of aromatic amines is 1. The van der Waals surface area contributed by atoms with E-state index in [2.05, 4.69) is 22.1 Å². The van der Waals surface area contributed by atoms with Gasteiger partial charge in [0.05, 0.1) is 0 Å². The summed E-state index contributed by atoms with van der Waals surface area (Å²) in [6, 6.07) is 7.89. The number of nitrogens with one attached hydrogen (secondary N) is 2. The number of nitrogens with zero attached hydrogens (tertiary/aromatic N) is 1. The maximum absolute atomic E-state index is 12.3. The fraction of sp³-hybridized carbons (Fsp3) is 0.438. The first-order valence-electron chi connectivity index (χ1n) is 7.48. The van der Waals surface area contributed by atoms with Gasteiger partial charge in [-0.3, -0.25) is 9.69 Å². The summed E-state index contributed by atoms with van der Waals surface area (Å²) in [5.74, 6) is -0.0507. The average Bonchev–Trinajstić information content (AvgIpc) is 3.10. The molecule has 1 saturated heterocycles. The van der Waals surface area contributed by atoms with Gasteiger partial charge in [0, 0.05) is 28.5 Å². The monoisotopic (exact) mass is 305 g/mol. The van der Waals surface area contributed by atoms with Crippen LogP contribution in [-0.4, -0.2) is 41.5 Å². The summed E-state index contributed by atoms with van der Waals surface area (Å²) in [7, 11) is 0. The lowest BCUT2D eigenvalue weighted by molar-refractivity contribution is 0.0937. The number of hydrogen-bond donors (Lipinski definition) is 2. The molecule has 112 valence electrons. The van der Waals surface area contributed by atoms with Gasteiger partial charge >= 0.3 is 0 Å². The molecule has 1 aliphatic rings. The summed E-state index contributed by atoms with van der Waals surface area (Å²) in [4.78, 5) is 17.8. The van der Waals surface area contributed by atoms with Gasteiger partial charge in [-0.15, -0.1) is 0 Å². The van der Waals surface area contributed by atoms with E-state index >= 15 is 0 Å². The Balaban J connectivity index is 1.66. The van der Waals surface area contributed by atoms with E-state index in [1.807, 2.05) is 24.3 Å². The molecule has 0 saturated carbocycles. The Morgan fingerprint density at radius 3 is 3.14 bits per heavy atom. The minimum absolute atomic E-state index is 0.0507. The van der Waals surface area contributed by atoms with E-state index in [1.54, 1.807) is 0 Å². The van der Waals surface area contributed by atoms with Crippen LogP contribution in [-0.2, 0) is 0 Å². The molecule has 2 N–H and O–H groups in total. The van der Waals surface area contributed by atoms with Gasteiger partial charge in [-0.2, -0.15) is 0 Å². The second-order valence-corrected chi connectivity index (χ2v) is 5.99. The highest BCUT2D eigenvalue weighted by atomic mass is 35.5. The van der Waals surface area contributed by atoms with Gasteiger partial charge in [-0.05, 0) is 50.2 Å². The van der Waals surface area contributed by atoms with E-state index in [4.69, 9.17) is 11.6 Å². The zero-order chi connectivity index (χ0) is 14.8. The van der Waals surface area contributed by atoms with Crippen molar-refractivity contribution in [1.82, 2.24) is 15.2 Å². The van der Waals surface area contributed by atoms with Crippen LogP contribution in [0.2, 0.25) is 5.02 Å². The quantitative estimate of drug-likeness (QED) is 0.912. The predicted octanol–water partition coefficient (Wildman–Crippen LogP) is 3.04.